The van der Waals surface area contributed by atoms with Gasteiger partial charge in [0.15, 0.2) is 5.82 Å². The van der Waals surface area contributed by atoms with Crippen LogP contribution in [0.1, 0.15) is 0 Å². The highest BCUT2D eigenvalue weighted by Crippen LogP contribution is 2.47. The third-order valence-corrected chi connectivity index (χ3v) is 10.8. The van der Waals surface area contributed by atoms with Gasteiger partial charge in [0.25, 0.3) is 0 Å². The Morgan fingerprint density at radius 2 is 1.00 bits per heavy atom. The van der Waals surface area contributed by atoms with Gasteiger partial charge in [0.1, 0.15) is 0 Å². The molecule has 0 unspecified atom stereocenters. The van der Waals surface area contributed by atoms with Crippen molar-refractivity contribution >= 4 is 53.3 Å². The number of nitrogens with zero attached hydrogens (tertiary/aromatic N) is 3. The molecule has 0 aliphatic rings. The summed E-state index contributed by atoms with van der Waals surface area (Å²) in [6.07, 6.45) is 0. The summed E-state index contributed by atoms with van der Waals surface area (Å²) in [7, 11) is 0. The summed E-state index contributed by atoms with van der Waals surface area (Å²) in [5, 5.41) is 5.10. The van der Waals surface area contributed by atoms with Gasteiger partial charge in [-0.1, -0.05) is 140 Å². The quantitative estimate of drug-likeness (QED) is 0.185. The average molecular weight is 656 g/mol. The second-order valence-corrected chi connectivity index (χ2v) is 13.6. The fourth-order valence-electron chi connectivity index (χ4n) is 7.29. The van der Waals surface area contributed by atoms with E-state index in [9.17, 15) is 0 Å². The second kappa shape index (κ2) is 11.7. The largest absolute Gasteiger partial charge is 0.309 e. The number of hydrogen-bond donors (Lipinski definition) is 0. The lowest BCUT2D eigenvalue weighted by Gasteiger charge is -2.13. The van der Waals surface area contributed by atoms with Crippen molar-refractivity contribution in [1.82, 2.24) is 14.5 Å². The van der Waals surface area contributed by atoms with Gasteiger partial charge in [-0.05, 0) is 42.0 Å². The number of fused-ring (bicyclic) bond motifs is 7. The molecule has 10 rings (SSSR count). The summed E-state index contributed by atoms with van der Waals surface area (Å²) in [5.41, 5.74) is 11.0. The standard InChI is InChI=1S/C46H29N3S/c1-4-14-30(15-5-1)37-28-38-35-20-10-12-22-41(35)49(44(38)43-36-21-11-13-23-42(36)50-45(37)43)34-26-24-32(25-27-34)40-29-39(31-16-6-2-7-17-31)47-46(48-40)33-18-8-3-9-19-33/h1-29H. The van der Waals surface area contributed by atoms with Gasteiger partial charge in [0, 0.05) is 58.9 Å². The molecule has 0 bridgehead atoms. The van der Waals surface area contributed by atoms with Crippen LogP contribution in [-0.2, 0) is 0 Å². The number of rotatable bonds is 5. The average Bonchev–Trinajstić information content (AvgIpc) is 3.75. The van der Waals surface area contributed by atoms with Crippen molar-refractivity contribution in [3.05, 3.63) is 176 Å². The van der Waals surface area contributed by atoms with Crippen molar-refractivity contribution in [1.29, 1.82) is 0 Å². The monoisotopic (exact) mass is 655 g/mol. The normalized spacial score (nSPS) is 11.6. The van der Waals surface area contributed by atoms with Gasteiger partial charge in [-0.3, -0.25) is 0 Å². The molecule has 4 heteroatoms. The van der Waals surface area contributed by atoms with Gasteiger partial charge >= 0.3 is 0 Å². The molecule has 0 spiro atoms. The van der Waals surface area contributed by atoms with Crippen molar-refractivity contribution in [3.63, 3.8) is 0 Å². The van der Waals surface area contributed by atoms with Crippen molar-refractivity contribution in [2.24, 2.45) is 0 Å². The van der Waals surface area contributed by atoms with Crippen LogP contribution in [-0.4, -0.2) is 14.5 Å². The Kier molecular flexibility index (Phi) is 6.68. The van der Waals surface area contributed by atoms with Crippen LogP contribution in [0.2, 0.25) is 0 Å². The molecule has 3 heterocycles. The zero-order valence-corrected chi connectivity index (χ0v) is 27.8. The van der Waals surface area contributed by atoms with Crippen LogP contribution in [0, 0.1) is 0 Å². The maximum Gasteiger partial charge on any atom is 0.160 e. The van der Waals surface area contributed by atoms with E-state index in [2.05, 4.69) is 156 Å². The summed E-state index contributed by atoms with van der Waals surface area (Å²) >= 11 is 1.88. The first-order valence-electron chi connectivity index (χ1n) is 16.8. The Morgan fingerprint density at radius 1 is 0.440 bits per heavy atom. The fraction of sp³-hybridized carbons (Fsp3) is 0. The van der Waals surface area contributed by atoms with E-state index in [0.29, 0.717) is 0 Å². The van der Waals surface area contributed by atoms with E-state index in [4.69, 9.17) is 9.97 Å². The molecule has 0 saturated heterocycles. The van der Waals surface area contributed by atoms with E-state index in [1.165, 1.54) is 53.1 Å². The summed E-state index contributed by atoms with van der Waals surface area (Å²) in [5.74, 6) is 0.717. The maximum absolute atomic E-state index is 5.08. The van der Waals surface area contributed by atoms with Crippen LogP contribution >= 0.6 is 11.3 Å². The molecule has 0 radical (unpaired) electrons. The van der Waals surface area contributed by atoms with Gasteiger partial charge in [0.2, 0.25) is 0 Å². The highest BCUT2D eigenvalue weighted by Gasteiger charge is 2.21. The summed E-state index contributed by atoms with van der Waals surface area (Å²) in [4.78, 5) is 10.1. The van der Waals surface area contributed by atoms with E-state index in [0.717, 1.165) is 39.6 Å². The molecule has 0 N–H and O–H groups in total. The molecule has 0 aliphatic heterocycles. The van der Waals surface area contributed by atoms with Crippen LogP contribution in [0.15, 0.2) is 176 Å². The van der Waals surface area contributed by atoms with Gasteiger partial charge in [-0.25, -0.2) is 9.97 Å². The van der Waals surface area contributed by atoms with Crippen molar-refractivity contribution in [3.8, 4) is 50.7 Å². The Balaban J connectivity index is 1.20. The Labute approximate surface area is 293 Å². The third-order valence-electron chi connectivity index (χ3n) is 9.61. The van der Waals surface area contributed by atoms with E-state index >= 15 is 0 Å². The zero-order chi connectivity index (χ0) is 33.0. The highest BCUT2D eigenvalue weighted by molar-refractivity contribution is 7.26. The van der Waals surface area contributed by atoms with Crippen molar-refractivity contribution in [2.45, 2.75) is 0 Å². The minimum absolute atomic E-state index is 0.717. The van der Waals surface area contributed by atoms with E-state index < -0.39 is 0 Å². The Morgan fingerprint density at radius 3 is 1.70 bits per heavy atom. The number of hydrogen-bond acceptors (Lipinski definition) is 3. The maximum atomic E-state index is 5.08. The molecule has 3 aromatic heterocycles. The molecule has 0 fully saturated rings. The van der Waals surface area contributed by atoms with Gasteiger partial charge in [-0.15, -0.1) is 11.3 Å². The van der Waals surface area contributed by atoms with Crippen LogP contribution in [0.5, 0.6) is 0 Å². The van der Waals surface area contributed by atoms with Crippen LogP contribution in [0.25, 0.3) is 92.7 Å². The van der Waals surface area contributed by atoms with Crippen LogP contribution < -0.4 is 0 Å². The SMILES string of the molecule is c1ccc(-c2cc(-c3ccc(-n4c5ccccc5c5cc(-c6ccccc6)c6sc7ccccc7c6c54)cc3)nc(-c3ccccc3)n2)cc1. The number of para-hydroxylation sites is 1. The van der Waals surface area contributed by atoms with Gasteiger partial charge in [0.05, 0.1) is 22.4 Å². The van der Waals surface area contributed by atoms with E-state index in [-0.39, 0.29) is 0 Å². The topological polar surface area (TPSA) is 30.7 Å². The van der Waals surface area contributed by atoms with Crippen molar-refractivity contribution in [2.75, 3.05) is 0 Å². The molecular weight excluding hydrogens is 627 g/mol. The van der Waals surface area contributed by atoms with E-state index in [1.54, 1.807) is 0 Å². The molecule has 234 valence electrons. The fourth-order valence-corrected chi connectivity index (χ4v) is 8.53. The van der Waals surface area contributed by atoms with Crippen LogP contribution in [0.3, 0.4) is 0 Å². The van der Waals surface area contributed by atoms with E-state index in [1.807, 2.05) is 35.6 Å². The Bertz CT molecular complexity index is 2780. The molecule has 50 heavy (non-hydrogen) atoms. The molecule has 7 aromatic carbocycles. The summed E-state index contributed by atoms with van der Waals surface area (Å²) in [6, 6.07) is 62.4. The smallest absolute Gasteiger partial charge is 0.160 e. The molecule has 0 aliphatic carbocycles. The van der Waals surface area contributed by atoms with Crippen molar-refractivity contribution < 1.29 is 0 Å². The minimum Gasteiger partial charge on any atom is -0.309 e. The lowest BCUT2D eigenvalue weighted by Crippen LogP contribution is -1.97. The minimum atomic E-state index is 0.717. The first-order valence-corrected chi connectivity index (χ1v) is 17.7. The lowest BCUT2D eigenvalue weighted by atomic mass is 9.99. The predicted octanol–water partition coefficient (Wildman–Crippen LogP) is 12.6. The molecule has 10 aromatic rings. The summed E-state index contributed by atoms with van der Waals surface area (Å²) < 4.78 is 5.06. The third kappa shape index (κ3) is 4.65. The summed E-state index contributed by atoms with van der Waals surface area (Å²) in [6.45, 7) is 0. The second-order valence-electron chi connectivity index (χ2n) is 12.6. The highest BCUT2D eigenvalue weighted by atomic mass is 32.1. The first-order chi connectivity index (χ1) is 24.8. The molecule has 0 amide bonds. The Hall–Kier alpha value is -6.36. The lowest BCUT2D eigenvalue weighted by molar-refractivity contribution is 1.17. The number of thiophene rings is 1. The number of aromatic nitrogens is 3. The predicted molar refractivity (Wildman–Crippen MR) is 211 cm³/mol. The van der Waals surface area contributed by atoms with Gasteiger partial charge < -0.3 is 4.57 Å². The van der Waals surface area contributed by atoms with Crippen LogP contribution in [0.4, 0.5) is 0 Å². The molecule has 0 saturated carbocycles. The van der Waals surface area contributed by atoms with Gasteiger partial charge in [-0.2, -0.15) is 0 Å². The molecular formula is C46H29N3S. The first kappa shape index (κ1) is 28.6. The number of benzene rings is 7. The molecule has 0 atom stereocenters. The zero-order valence-electron chi connectivity index (χ0n) is 27.0. The molecule has 3 nitrogen and oxygen atoms in total.